The van der Waals surface area contributed by atoms with Gasteiger partial charge in [0.05, 0.1) is 0 Å². The quantitative estimate of drug-likeness (QED) is 0.830. The number of benzene rings is 2. The number of hydrogen-bond donors (Lipinski definition) is 1. The molecule has 0 unspecified atom stereocenters. The molecule has 0 aliphatic heterocycles. The average molecular weight is 328 g/mol. The summed E-state index contributed by atoms with van der Waals surface area (Å²) >= 11 is 3.35. The lowest BCUT2D eigenvalue weighted by molar-refractivity contribution is 0.329. The lowest BCUT2D eigenvalue weighted by Crippen LogP contribution is -2.11. The second-order valence-electron chi connectivity index (χ2n) is 3.89. The topological polar surface area (TPSA) is 21.3 Å². The van der Waals surface area contributed by atoms with Gasteiger partial charge in [-0.1, -0.05) is 15.9 Å². The molecule has 0 spiro atoms. The van der Waals surface area contributed by atoms with Crippen molar-refractivity contribution in [3.63, 3.8) is 0 Å². The third-order valence-electron chi connectivity index (χ3n) is 2.38. The van der Waals surface area contributed by atoms with Crippen LogP contribution in [0.1, 0.15) is 0 Å². The van der Waals surface area contributed by atoms with Crippen molar-refractivity contribution >= 4 is 21.6 Å². The average Bonchev–Trinajstić information content (AvgIpc) is 2.36. The van der Waals surface area contributed by atoms with E-state index >= 15 is 0 Å². The second kappa shape index (κ2) is 6.52. The van der Waals surface area contributed by atoms with Crippen LogP contribution in [-0.2, 0) is 0 Å². The zero-order valence-corrected chi connectivity index (χ0v) is 11.6. The minimum atomic E-state index is -0.643. The molecule has 0 aromatic heterocycles. The zero-order valence-electron chi connectivity index (χ0n) is 10.00. The van der Waals surface area contributed by atoms with Gasteiger partial charge in [0.25, 0.3) is 0 Å². The van der Waals surface area contributed by atoms with E-state index in [-0.39, 0.29) is 5.75 Å². The van der Waals surface area contributed by atoms with Crippen LogP contribution in [0.25, 0.3) is 0 Å². The van der Waals surface area contributed by atoms with Crippen molar-refractivity contribution in [2.45, 2.75) is 0 Å². The van der Waals surface area contributed by atoms with Gasteiger partial charge in [-0.25, -0.2) is 8.78 Å². The second-order valence-corrected chi connectivity index (χ2v) is 4.80. The fourth-order valence-corrected chi connectivity index (χ4v) is 1.81. The van der Waals surface area contributed by atoms with E-state index in [1.807, 2.05) is 24.3 Å². The lowest BCUT2D eigenvalue weighted by Gasteiger charge is -2.09. The molecule has 2 nitrogen and oxygen atoms in total. The summed E-state index contributed by atoms with van der Waals surface area (Å²) in [6.45, 7) is 0.860. The molecule has 0 radical (unpaired) electrons. The van der Waals surface area contributed by atoms with E-state index in [4.69, 9.17) is 4.74 Å². The Bertz CT molecular complexity index is 525. The summed E-state index contributed by atoms with van der Waals surface area (Å²) in [5, 5.41) is 3.14. The maximum atomic E-state index is 12.9. The summed E-state index contributed by atoms with van der Waals surface area (Å²) in [6.07, 6.45) is 0. The molecule has 0 aliphatic carbocycles. The first kappa shape index (κ1) is 13.8. The summed E-state index contributed by atoms with van der Waals surface area (Å²) in [5.74, 6) is -1.10. The number of ether oxygens (including phenoxy) is 1. The Kier molecular flexibility index (Phi) is 4.74. The number of rotatable bonds is 5. The van der Waals surface area contributed by atoms with E-state index in [1.165, 1.54) is 0 Å². The Balaban J connectivity index is 1.79. The fourth-order valence-electron chi connectivity index (χ4n) is 1.54. The number of anilines is 1. The molecule has 0 amide bonds. The highest BCUT2D eigenvalue weighted by Gasteiger charge is 2.01. The minimum absolute atomic E-state index is 0.190. The van der Waals surface area contributed by atoms with E-state index in [1.54, 1.807) is 0 Å². The van der Waals surface area contributed by atoms with Crippen LogP contribution in [-0.4, -0.2) is 13.2 Å². The monoisotopic (exact) mass is 327 g/mol. The standard InChI is InChI=1S/C14H12BrF2NO/c15-10-1-3-13(4-2-10)18-5-6-19-14-8-11(16)7-12(17)9-14/h1-4,7-9,18H,5-6H2. The van der Waals surface area contributed by atoms with Crippen molar-refractivity contribution in [2.75, 3.05) is 18.5 Å². The molecular formula is C14H12BrF2NO. The zero-order chi connectivity index (χ0) is 13.7. The summed E-state index contributed by atoms with van der Waals surface area (Å²) in [7, 11) is 0. The summed E-state index contributed by atoms with van der Waals surface area (Å²) in [5.41, 5.74) is 0.956. The molecule has 19 heavy (non-hydrogen) atoms. The summed E-state index contributed by atoms with van der Waals surface area (Å²) in [6, 6.07) is 10.8. The highest BCUT2D eigenvalue weighted by Crippen LogP contribution is 2.16. The molecule has 100 valence electrons. The first-order chi connectivity index (χ1) is 9.13. The van der Waals surface area contributed by atoms with Gasteiger partial charge in [0, 0.05) is 34.9 Å². The van der Waals surface area contributed by atoms with Crippen LogP contribution < -0.4 is 10.1 Å². The lowest BCUT2D eigenvalue weighted by atomic mass is 10.3. The van der Waals surface area contributed by atoms with Gasteiger partial charge < -0.3 is 10.1 Å². The third-order valence-corrected chi connectivity index (χ3v) is 2.91. The number of hydrogen-bond acceptors (Lipinski definition) is 2. The summed E-state index contributed by atoms with van der Waals surface area (Å²) in [4.78, 5) is 0. The fraction of sp³-hybridized carbons (Fsp3) is 0.143. The highest BCUT2D eigenvalue weighted by molar-refractivity contribution is 9.10. The third kappa shape index (κ3) is 4.52. The van der Waals surface area contributed by atoms with Crippen LogP contribution in [0.5, 0.6) is 5.75 Å². The molecule has 2 aromatic carbocycles. The van der Waals surface area contributed by atoms with Crippen LogP contribution >= 0.6 is 15.9 Å². The van der Waals surface area contributed by atoms with Crippen molar-refractivity contribution in [3.05, 3.63) is 58.6 Å². The number of halogens is 3. The van der Waals surface area contributed by atoms with Crippen LogP contribution in [0, 0.1) is 11.6 Å². The van der Waals surface area contributed by atoms with E-state index in [2.05, 4.69) is 21.2 Å². The maximum absolute atomic E-state index is 12.9. The Labute approximate surface area is 118 Å². The van der Waals surface area contributed by atoms with Crippen molar-refractivity contribution in [2.24, 2.45) is 0 Å². The molecule has 2 rings (SSSR count). The van der Waals surface area contributed by atoms with Crippen molar-refractivity contribution < 1.29 is 13.5 Å². The van der Waals surface area contributed by atoms with Gasteiger partial charge in [-0.15, -0.1) is 0 Å². The van der Waals surface area contributed by atoms with Gasteiger partial charge >= 0.3 is 0 Å². The number of nitrogens with one attached hydrogen (secondary N) is 1. The van der Waals surface area contributed by atoms with Crippen LogP contribution in [0.15, 0.2) is 46.9 Å². The molecule has 0 bridgehead atoms. The van der Waals surface area contributed by atoms with E-state index in [0.29, 0.717) is 13.2 Å². The molecule has 0 saturated heterocycles. The highest BCUT2D eigenvalue weighted by atomic mass is 79.9. The Morgan fingerprint density at radius 3 is 2.26 bits per heavy atom. The van der Waals surface area contributed by atoms with Gasteiger partial charge in [0.1, 0.15) is 24.0 Å². The van der Waals surface area contributed by atoms with Gasteiger partial charge in [-0.3, -0.25) is 0 Å². The van der Waals surface area contributed by atoms with Crippen LogP contribution in [0.2, 0.25) is 0 Å². The van der Waals surface area contributed by atoms with Gasteiger partial charge in [-0.2, -0.15) is 0 Å². The molecule has 0 aliphatic rings. The molecule has 1 N–H and O–H groups in total. The molecule has 0 atom stereocenters. The maximum Gasteiger partial charge on any atom is 0.129 e. The van der Waals surface area contributed by atoms with Crippen LogP contribution in [0.4, 0.5) is 14.5 Å². The Morgan fingerprint density at radius 1 is 1.00 bits per heavy atom. The van der Waals surface area contributed by atoms with E-state index in [9.17, 15) is 8.78 Å². The first-order valence-electron chi connectivity index (χ1n) is 5.72. The molecule has 0 fully saturated rings. The van der Waals surface area contributed by atoms with E-state index in [0.717, 1.165) is 28.4 Å². The molecule has 0 heterocycles. The van der Waals surface area contributed by atoms with Crippen molar-refractivity contribution in [3.8, 4) is 5.75 Å². The molecule has 0 saturated carbocycles. The van der Waals surface area contributed by atoms with Crippen molar-refractivity contribution in [1.29, 1.82) is 0 Å². The van der Waals surface area contributed by atoms with Gasteiger partial charge in [0.15, 0.2) is 0 Å². The van der Waals surface area contributed by atoms with Gasteiger partial charge in [0.2, 0.25) is 0 Å². The predicted molar refractivity (Wildman–Crippen MR) is 74.5 cm³/mol. The molecule has 2 aromatic rings. The normalized spacial score (nSPS) is 10.3. The molecular weight excluding hydrogens is 316 g/mol. The van der Waals surface area contributed by atoms with Gasteiger partial charge in [-0.05, 0) is 24.3 Å². The van der Waals surface area contributed by atoms with E-state index < -0.39 is 11.6 Å². The predicted octanol–water partition coefficient (Wildman–Crippen LogP) is 4.22. The van der Waals surface area contributed by atoms with Crippen LogP contribution in [0.3, 0.4) is 0 Å². The minimum Gasteiger partial charge on any atom is -0.492 e. The largest absolute Gasteiger partial charge is 0.492 e. The summed E-state index contributed by atoms with van der Waals surface area (Å²) < 4.78 is 32.1. The molecule has 5 heteroatoms. The first-order valence-corrected chi connectivity index (χ1v) is 6.51. The van der Waals surface area contributed by atoms with Crippen molar-refractivity contribution in [1.82, 2.24) is 0 Å². The SMILES string of the molecule is Fc1cc(F)cc(OCCNc2ccc(Br)cc2)c1. The Hall–Kier alpha value is -1.62. The smallest absolute Gasteiger partial charge is 0.129 e. The Morgan fingerprint density at radius 2 is 1.63 bits per heavy atom.